The fourth-order valence-electron chi connectivity index (χ4n) is 3.03. The minimum Gasteiger partial charge on any atom is -0.431 e. The maximum Gasteiger partial charge on any atom is 0.312 e. The van der Waals surface area contributed by atoms with E-state index in [4.69, 9.17) is 4.74 Å². The first-order chi connectivity index (χ1) is 15.8. The van der Waals surface area contributed by atoms with E-state index < -0.39 is 27.3 Å². The van der Waals surface area contributed by atoms with Crippen molar-refractivity contribution >= 4 is 35.0 Å². The number of pyridine rings is 1. The van der Waals surface area contributed by atoms with Crippen LogP contribution in [0, 0.1) is 20.2 Å². The summed E-state index contributed by atoms with van der Waals surface area (Å²) in [6.45, 7) is 0. The molecule has 4 rings (SSSR count). The minimum absolute atomic E-state index is 0.0674. The van der Waals surface area contributed by atoms with E-state index in [9.17, 15) is 29.8 Å². The molecule has 33 heavy (non-hydrogen) atoms. The van der Waals surface area contributed by atoms with Crippen molar-refractivity contribution in [3.8, 4) is 11.6 Å². The molecule has 2 amide bonds. The van der Waals surface area contributed by atoms with Gasteiger partial charge in [-0.05, 0) is 18.2 Å². The number of hydrogen-bond donors (Lipinski definition) is 1. The molecule has 0 atom stereocenters. The number of amides is 2. The van der Waals surface area contributed by atoms with Crippen LogP contribution >= 0.6 is 0 Å². The molecule has 1 N–H and O–H groups in total. The van der Waals surface area contributed by atoms with Gasteiger partial charge >= 0.3 is 5.69 Å². The second-order valence-electron chi connectivity index (χ2n) is 6.64. The number of carbonyl (C=O) groups is 2. The Morgan fingerprint density at radius 2 is 1.70 bits per heavy atom. The summed E-state index contributed by atoms with van der Waals surface area (Å²) >= 11 is 0. The third-order valence-electron chi connectivity index (χ3n) is 4.57. The number of anilines is 1. The van der Waals surface area contributed by atoms with Gasteiger partial charge in [0.15, 0.2) is 0 Å². The van der Waals surface area contributed by atoms with Crippen LogP contribution in [0.1, 0.15) is 5.56 Å². The van der Waals surface area contributed by atoms with Gasteiger partial charge < -0.3 is 4.74 Å². The van der Waals surface area contributed by atoms with Gasteiger partial charge in [0.1, 0.15) is 11.8 Å². The molecule has 0 bridgehead atoms. The molecule has 0 aliphatic carbocycles. The zero-order valence-corrected chi connectivity index (χ0v) is 16.6. The van der Waals surface area contributed by atoms with E-state index in [0.29, 0.717) is 5.69 Å². The van der Waals surface area contributed by atoms with E-state index in [1.54, 1.807) is 30.3 Å². The summed E-state index contributed by atoms with van der Waals surface area (Å²) in [5.41, 5.74) is 1.94. The molecule has 1 aliphatic heterocycles. The molecule has 12 nitrogen and oxygen atoms in total. The molecule has 1 fully saturated rings. The normalized spacial score (nSPS) is 14.3. The Labute approximate surface area is 185 Å². The molecule has 0 radical (unpaired) electrons. The molecular weight excluding hydrogens is 434 g/mol. The number of nitrogens with zero attached hydrogens (tertiary/aromatic N) is 4. The number of nitrogens with one attached hydrogen (secondary N) is 1. The molecule has 12 heteroatoms. The number of hydrazine groups is 1. The number of carbonyl (C=O) groups excluding carboxylic acids is 2. The fraction of sp³-hybridized carbons (Fsp3) is 0. The molecule has 3 aromatic rings. The summed E-state index contributed by atoms with van der Waals surface area (Å²) < 4.78 is 5.55. The highest BCUT2D eigenvalue weighted by Gasteiger charge is 2.35. The van der Waals surface area contributed by atoms with E-state index in [0.717, 1.165) is 17.3 Å². The number of ether oxygens (including phenoxy) is 1. The molecule has 1 saturated heterocycles. The van der Waals surface area contributed by atoms with E-state index >= 15 is 0 Å². The van der Waals surface area contributed by atoms with Gasteiger partial charge in [-0.1, -0.05) is 30.3 Å². The molecule has 0 unspecified atom stereocenters. The van der Waals surface area contributed by atoms with Crippen LogP contribution in [-0.4, -0.2) is 26.6 Å². The van der Waals surface area contributed by atoms with Crippen LogP contribution < -0.4 is 15.2 Å². The van der Waals surface area contributed by atoms with Crippen LogP contribution in [0.3, 0.4) is 0 Å². The Kier molecular flexibility index (Phi) is 5.47. The zero-order valence-electron chi connectivity index (χ0n) is 16.6. The van der Waals surface area contributed by atoms with Crippen LogP contribution in [0.4, 0.5) is 17.1 Å². The van der Waals surface area contributed by atoms with Crippen molar-refractivity contribution in [1.29, 1.82) is 0 Å². The average Bonchev–Trinajstić information content (AvgIpc) is 3.09. The highest BCUT2D eigenvalue weighted by molar-refractivity contribution is 6.31. The lowest BCUT2D eigenvalue weighted by atomic mass is 10.1. The van der Waals surface area contributed by atoms with Crippen LogP contribution in [0.5, 0.6) is 11.6 Å². The molecule has 2 heterocycles. The molecule has 1 aliphatic rings. The Morgan fingerprint density at radius 1 is 0.939 bits per heavy atom. The Morgan fingerprint density at radius 3 is 2.33 bits per heavy atom. The smallest absolute Gasteiger partial charge is 0.312 e. The Balaban J connectivity index is 1.73. The molecule has 2 aromatic carbocycles. The van der Waals surface area contributed by atoms with E-state index in [1.165, 1.54) is 30.3 Å². The van der Waals surface area contributed by atoms with Crippen molar-refractivity contribution < 1.29 is 24.2 Å². The maximum atomic E-state index is 12.8. The van der Waals surface area contributed by atoms with Crippen LogP contribution in [-0.2, 0) is 9.59 Å². The Hall–Kier alpha value is -5.13. The van der Waals surface area contributed by atoms with Crippen molar-refractivity contribution in [2.75, 3.05) is 5.01 Å². The summed E-state index contributed by atoms with van der Waals surface area (Å²) in [4.78, 5) is 50.1. The van der Waals surface area contributed by atoms with Crippen molar-refractivity contribution in [1.82, 2.24) is 10.4 Å². The topological polar surface area (TPSA) is 158 Å². The SMILES string of the molecule is O=C1NN(c2ccccc2)C(=O)/C1=C\c1cccc([N+](=O)[O-])c1Oc1ccc([N+](=O)[O-])cn1. The summed E-state index contributed by atoms with van der Waals surface area (Å²) in [6.07, 6.45) is 2.11. The van der Waals surface area contributed by atoms with Crippen molar-refractivity contribution in [3.05, 3.63) is 98.2 Å². The van der Waals surface area contributed by atoms with E-state index in [-0.39, 0.29) is 28.5 Å². The quantitative estimate of drug-likeness (QED) is 0.261. The number of para-hydroxylation sites is 2. The lowest BCUT2D eigenvalue weighted by Crippen LogP contribution is -2.35. The predicted octanol–water partition coefficient (Wildman–Crippen LogP) is 3.15. The van der Waals surface area contributed by atoms with Gasteiger partial charge in [-0.2, -0.15) is 0 Å². The van der Waals surface area contributed by atoms with Crippen molar-refractivity contribution in [2.45, 2.75) is 0 Å². The second-order valence-corrected chi connectivity index (χ2v) is 6.64. The first-order valence-electron chi connectivity index (χ1n) is 9.33. The number of aromatic nitrogens is 1. The molecule has 1 aromatic heterocycles. The minimum atomic E-state index is -0.699. The number of benzene rings is 2. The lowest BCUT2D eigenvalue weighted by molar-refractivity contribution is -0.385. The van der Waals surface area contributed by atoms with Gasteiger partial charge in [-0.15, -0.1) is 0 Å². The highest BCUT2D eigenvalue weighted by Crippen LogP contribution is 2.36. The zero-order chi connectivity index (χ0) is 23.5. The first kappa shape index (κ1) is 21.1. The fourth-order valence-corrected chi connectivity index (χ4v) is 3.03. The number of rotatable bonds is 6. The van der Waals surface area contributed by atoms with Crippen LogP contribution in [0.25, 0.3) is 6.08 Å². The number of hydrogen-bond acceptors (Lipinski definition) is 8. The van der Waals surface area contributed by atoms with Gasteiger partial charge in [0, 0.05) is 23.8 Å². The third-order valence-corrected chi connectivity index (χ3v) is 4.57. The summed E-state index contributed by atoms with van der Waals surface area (Å²) in [5.74, 6) is -1.79. The molecule has 164 valence electrons. The van der Waals surface area contributed by atoms with Crippen LogP contribution in [0.15, 0.2) is 72.4 Å². The molecule has 0 saturated carbocycles. The van der Waals surface area contributed by atoms with Crippen molar-refractivity contribution in [3.63, 3.8) is 0 Å². The van der Waals surface area contributed by atoms with E-state index in [2.05, 4.69) is 10.4 Å². The summed E-state index contributed by atoms with van der Waals surface area (Å²) in [5, 5.41) is 23.4. The molecule has 0 spiro atoms. The number of nitro groups is 2. The maximum absolute atomic E-state index is 12.8. The summed E-state index contributed by atoms with van der Waals surface area (Å²) in [6, 6.07) is 14.7. The lowest BCUT2D eigenvalue weighted by Gasteiger charge is -2.14. The first-order valence-corrected chi connectivity index (χ1v) is 9.33. The monoisotopic (exact) mass is 447 g/mol. The predicted molar refractivity (Wildman–Crippen MR) is 114 cm³/mol. The number of nitro benzene ring substituents is 1. The van der Waals surface area contributed by atoms with Crippen molar-refractivity contribution in [2.24, 2.45) is 0 Å². The summed E-state index contributed by atoms with van der Waals surface area (Å²) in [7, 11) is 0. The Bertz CT molecular complexity index is 1310. The third kappa shape index (κ3) is 4.20. The second kappa shape index (κ2) is 8.55. The van der Waals surface area contributed by atoms with E-state index in [1.807, 2.05) is 0 Å². The standard InChI is InChI=1S/C21H13N5O7/c27-20-16(21(28)24(23-20)14-6-2-1-3-7-14)11-13-5-4-8-17(26(31)32)19(13)33-18-10-9-15(12-22-18)25(29)30/h1-12H,(H,23,27)/b16-11-. The van der Waals surface area contributed by atoms with Gasteiger partial charge in [-0.3, -0.25) is 35.2 Å². The van der Waals surface area contributed by atoms with Crippen LogP contribution in [0.2, 0.25) is 0 Å². The van der Waals surface area contributed by atoms with Gasteiger partial charge in [0.05, 0.1) is 15.5 Å². The highest BCUT2D eigenvalue weighted by atomic mass is 16.6. The van der Waals surface area contributed by atoms with Gasteiger partial charge in [0.25, 0.3) is 17.5 Å². The van der Waals surface area contributed by atoms with Gasteiger partial charge in [-0.25, -0.2) is 9.99 Å². The molecular formula is C21H13N5O7. The largest absolute Gasteiger partial charge is 0.431 e. The van der Waals surface area contributed by atoms with Gasteiger partial charge in [0.2, 0.25) is 11.6 Å². The average molecular weight is 447 g/mol.